The van der Waals surface area contributed by atoms with Gasteiger partial charge in [-0.3, -0.25) is 4.79 Å². The molecule has 0 aliphatic carbocycles. The predicted octanol–water partition coefficient (Wildman–Crippen LogP) is 7.19. The standard InChI is InChI=1S/C22H28N2.C10H10FN.C2H5NO/c1-6-11-19(12-10-18-24(9-4)17-7-2)20-13-15-21(16-14-20)22(8-3)23-5;1-7-10-5-9(11)4-3-8(10)6-12(7)2;1-3-2-4/h6-18,22-23H,3-4H2,1-2,5H3;3-5H,1,6H2,2H3;2H,1H3,(H,3,4)/b11-6-,17-7-,18-10+,19-12+;;. The van der Waals surface area contributed by atoms with Crippen LogP contribution in [0, 0.1) is 5.82 Å². The number of halogens is 1. The molecule has 0 radical (unpaired) electrons. The fourth-order valence-corrected chi connectivity index (χ4v) is 3.83. The van der Waals surface area contributed by atoms with Crippen LogP contribution in [0.2, 0.25) is 0 Å². The smallest absolute Gasteiger partial charge is 0.206 e. The molecule has 0 fully saturated rings. The topological polar surface area (TPSA) is 47.6 Å². The highest BCUT2D eigenvalue weighted by atomic mass is 19.1. The molecule has 2 aromatic rings. The summed E-state index contributed by atoms with van der Waals surface area (Å²) in [6.45, 7) is 16.4. The highest BCUT2D eigenvalue weighted by Crippen LogP contribution is 2.30. The average Bonchev–Trinajstić information content (AvgIpc) is 3.25. The summed E-state index contributed by atoms with van der Waals surface area (Å²) in [5.74, 6) is -0.190. The molecule has 3 rings (SSSR count). The monoisotopic (exact) mass is 542 g/mol. The van der Waals surface area contributed by atoms with Crippen LogP contribution in [0.1, 0.15) is 42.1 Å². The van der Waals surface area contributed by atoms with Gasteiger partial charge >= 0.3 is 0 Å². The Balaban J connectivity index is 0.000000410. The molecule has 2 N–H and O–H groups in total. The van der Waals surface area contributed by atoms with Crippen molar-refractivity contribution in [2.75, 3.05) is 21.1 Å². The summed E-state index contributed by atoms with van der Waals surface area (Å²) in [6.07, 6.45) is 18.5. The molecule has 212 valence electrons. The van der Waals surface area contributed by atoms with Crippen molar-refractivity contribution in [3.63, 3.8) is 0 Å². The number of benzene rings is 2. The molecule has 1 aliphatic heterocycles. The average molecular weight is 543 g/mol. The molecule has 1 heterocycles. The molecular formula is C34H43FN4O. The zero-order valence-electron chi connectivity index (χ0n) is 24.4. The Kier molecular flexibility index (Phi) is 15.8. The third-order valence-electron chi connectivity index (χ3n) is 5.93. The molecule has 40 heavy (non-hydrogen) atoms. The first-order chi connectivity index (χ1) is 19.3. The van der Waals surface area contributed by atoms with Crippen molar-refractivity contribution in [1.29, 1.82) is 0 Å². The maximum absolute atomic E-state index is 12.8. The number of hydrogen-bond donors (Lipinski definition) is 2. The molecule has 1 aliphatic rings. The first-order valence-corrected chi connectivity index (χ1v) is 13.0. The number of allylic oxidation sites excluding steroid dienone is 6. The Morgan fingerprint density at radius 3 is 2.27 bits per heavy atom. The van der Waals surface area contributed by atoms with Gasteiger partial charge in [0.1, 0.15) is 5.82 Å². The van der Waals surface area contributed by atoms with Crippen LogP contribution in [0.4, 0.5) is 4.39 Å². The molecule has 1 unspecified atom stereocenters. The lowest BCUT2D eigenvalue weighted by Crippen LogP contribution is -2.13. The van der Waals surface area contributed by atoms with Gasteiger partial charge in [0.05, 0.1) is 6.04 Å². The van der Waals surface area contributed by atoms with E-state index in [0.29, 0.717) is 6.41 Å². The highest BCUT2D eigenvalue weighted by Gasteiger charge is 2.18. The van der Waals surface area contributed by atoms with Crippen molar-refractivity contribution in [2.45, 2.75) is 26.4 Å². The van der Waals surface area contributed by atoms with Gasteiger partial charge in [0.25, 0.3) is 0 Å². The van der Waals surface area contributed by atoms with Crippen molar-refractivity contribution in [1.82, 2.24) is 20.4 Å². The molecule has 0 saturated carbocycles. The van der Waals surface area contributed by atoms with Crippen LogP contribution in [0.15, 0.2) is 117 Å². The van der Waals surface area contributed by atoms with E-state index in [9.17, 15) is 4.39 Å². The molecule has 0 aromatic heterocycles. The Bertz CT molecular complexity index is 1230. The van der Waals surface area contributed by atoms with Crippen molar-refractivity contribution >= 4 is 17.7 Å². The summed E-state index contributed by atoms with van der Waals surface area (Å²) >= 11 is 0. The van der Waals surface area contributed by atoms with Crippen LogP contribution in [0.3, 0.4) is 0 Å². The minimum atomic E-state index is -0.190. The fourth-order valence-electron chi connectivity index (χ4n) is 3.83. The van der Waals surface area contributed by atoms with Crippen LogP contribution in [-0.4, -0.2) is 37.4 Å². The van der Waals surface area contributed by atoms with Gasteiger partial charge in [-0.1, -0.05) is 73.9 Å². The van der Waals surface area contributed by atoms with E-state index in [4.69, 9.17) is 4.79 Å². The second-order valence-corrected chi connectivity index (χ2v) is 8.71. The van der Waals surface area contributed by atoms with Gasteiger partial charge in [0.2, 0.25) is 6.41 Å². The summed E-state index contributed by atoms with van der Waals surface area (Å²) in [5, 5.41) is 5.48. The zero-order valence-corrected chi connectivity index (χ0v) is 24.4. The van der Waals surface area contributed by atoms with Crippen LogP contribution < -0.4 is 10.6 Å². The lowest BCUT2D eigenvalue weighted by atomic mass is 10.00. The van der Waals surface area contributed by atoms with E-state index in [1.165, 1.54) is 17.2 Å². The molecule has 6 heteroatoms. The highest BCUT2D eigenvalue weighted by molar-refractivity contribution is 5.75. The Morgan fingerprint density at radius 2 is 1.75 bits per heavy atom. The molecule has 1 atom stereocenters. The maximum Gasteiger partial charge on any atom is 0.206 e. The SMILES string of the molecule is C=C1c2cc(F)ccc2CN1C.C=CC(NC)c1ccc(C(/C=C\C)=C/C=C/N(C=C)/C=C\C)cc1.CNC=O. The van der Waals surface area contributed by atoms with Crippen molar-refractivity contribution in [2.24, 2.45) is 0 Å². The van der Waals surface area contributed by atoms with Crippen LogP contribution in [0.5, 0.6) is 0 Å². The lowest BCUT2D eigenvalue weighted by Gasteiger charge is -2.12. The predicted molar refractivity (Wildman–Crippen MR) is 169 cm³/mol. The van der Waals surface area contributed by atoms with Gasteiger partial charge in [0.15, 0.2) is 0 Å². The second-order valence-electron chi connectivity index (χ2n) is 8.71. The molecule has 0 bridgehead atoms. The number of nitrogens with one attached hydrogen (secondary N) is 2. The number of likely N-dealkylation sites (N-methyl/N-ethyl adjacent to an activating group) is 1. The van der Waals surface area contributed by atoms with E-state index < -0.39 is 0 Å². The van der Waals surface area contributed by atoms with Crippen molar-refractivity contribution in [3.8, 4) is 0 Å². The quantitative estimate of drug-likeness (QED) is 0.190. The van der Waals surface area contributed by atoms with Gasteiger partial charge in [-0.15, -0.1) is 6.58 Å². The van der Waals surface area contributed by atoms with E-state index in [-0.39, 0.29) is 11.9 Å². The number of rotatable bonds is 10. The molecule has 5 nitrogen and oxygen atoms in total. The largest absolute Gasteiger partial charge is 0.370 e. The van der Waals surface area contributed by atoms with Crippen LogP contribution in [-0.2, 0) is 11.3 Å². The number of hydrogen-bond acceptors (Lipinski definition) is 4. The number of fused-ring (bicyclic) bond motifs is 1. The fraction of sp³-hybridized carbons (Fsp3) is 0.206. The first-order valence-electron chi connectivity index (χ1n) is 13.0. The lowest BCUT2D eigenvalue weighted by molar-refractivity contribution is -0.109. The van der Waals surface area contributed by atoms with Crippen molar-refractivity contribution < 1.29 is 9.18 Å². The van der Waals surface area contributed by atoms with Gasteiger partial charge in [-0.25, -0.2) is 4.39 Å². The van der Waals surface area contributed by atoms with Crippen molar-refractivity contribution in [3.05, 3.63) is 145 Å². The molecule has 0 saturated heterocycles. The molecule has 1 amide bonds. The minimum Gasteiger partial charge on any atom is -0.370 e. The number of carbonyl (C=O) groups excluding carboxylic acids is 1. The van der Waals surface area contributed by atoms with Gasteiger partial charge in [0, 0.05) is 50.5 Å². The Hall–Kier alpha value is -4.42. The molecule has 2 aromatic carbocycles. The van der Waals surface area contributed by atoms with Crippen LogP contribution >= 0.6 is 0 Å². The first kappa shape index (κ1) is 33.6. The minimum absolute atomic E-state index is 0.176. The summed E-state index contributed by atoms with van der Waals surface area (Å²) in [4.78, 5) is 13.0. The van der Waals surface area contributed by atoms with E-state index >= 15 is 0 Å². The third kappa shape index (κ3) is 10.8. The Labute approximate surface area is 240 Å². The van der Waals surface area contributed by atoms with E-state index in [1.54, 1.807) is 19.3 Å². The summed E-state index contributed by atoms with van der Waals surface area (Å²) in [5.41, 5.74) is 6.55. The third-order valence-corrected chi connectivity index (χ3v) is 5.93. The summed E-state index contributed by atoms with van der Waals surface area (Å²) in [7, 11) is 5.46. The summed E-state index contributed by atoms with van der Waals surface area (Å²) in [6, 6.07) is 13.6. The summed E-state index contributed by atoms with van der Waals surface area (Å²) < 4.78 is 12.8. The van der Waals surface area contributed by atoms with Gasteiger partial charge in [-0.05, 0) is 61.4 Å². The van der Waals surface area contributed by atoms with E-state index in [0.717, 1.165) is 28.9 Å². The molecule has 0 spiro atoms. The zero-order chi connectivity index (χ0) is 29.9. The molecular weight excluding hydrogens is 499 g/mol. The normalized spacial score (nSPS) is 13.3. The second kappa shape index (κ2) is 18.8. The Morgan fingerprint density at radius 1 is 1.07 bits per heavy atom. The van der Waals surface area contributed by atoms with E-state index in [2.05, 4.69) is 66.8 Å². The van der Waals surface area contributed by atoms with Gasteiger partial charge in [-0.2, -0.15) is 0 Å². The number of carbonyl (C=O) groups is 1. The van der Waals surface area contributed by atoms with Crippen LogP contribution in [0.25, 0.3) is 11.3 Å². The number of nitrogens with zero attached hydrogens (tertiary/aromatic N) is 2. The maximum atomic E-state index is 12.8. The van der Waals surface area contributed by atoms with Gasteiger partial charge < -0.3 is 20.4 Å². The number of amides is 1. The van der Waals surface area contributed by atoms with E-state index in [1.807, 2.05) is 80.5 Å².